The smallest absolute Gasteiger partial charge is 0.385 e. The van der Waals surface area contributed by atoms with Gasteiger partial charge in [-0.3, -0.25) is 4.90 Å². The largest absolute Gasteiger partial charge is 0.417 e. The molecule has 2 N–H and O–H groups in total. The Morgan fingerprint density at radius 2 is 1.95 bits per heavy atom. The molecule has 0 unspecified atom stereocenters. The van der Waals surface area contributed by atoms with Gasteiger partial charge in [0.2, 0.25) is 0 Å². The van der Waals surface area contributed by atoms with E-state index in [4.69, 9.17) is 16.3 Å². The first-order valence-corrected chi connectivity index (χ1v) is 13.6. The molecule has 0 radical (unpaired) electrons. The summed E-state index contributed by atoms with van der Waals surface area (Å²) >= 11 is 5.80. The van der Waals surface area contributed by atoms with E-state index in [9.17, 15) is 18.3 Å². The van der Waals surface area contributed by atoms with E-state index in [1.165, 1.54) is 28.6 Å². The normalized spacial score (nSPS) is 28.0. The lowest BCUT2D eigenvalue weighted by Crippen LogP contribution is -2.60. The predicted octanol–water partition coefficient (Wildman–Crippen LogP) is 5.54. The molecule has 3 aliphatic rings. The van der Waals surface area contributed by atoms with Gasteiger partial charge in [-0.1, -0.05) is 29.8 Å². The zero-order chi connectivity index (χ0) is 26.9. The van der Waals surface area contributed by atoms with Crippen molar-refractivity contribution >= 4 is 22.5 Å². The molecule has 0 bridgehead atoms. The number of likely N-dealkylation sites (tertiary alicyclic amines) is 2. The lowest BCUT2D eigenvalue weighted by atomic mass is 9.68. The molecule has 2 saturated heterocycles. The van der Waals surface area contributed by atoms with Crippen LogP contribution < -0.4 is 0 Å². The van der Waals surface area contributed by atoms with Crippen molar-refractivity contribution in [1.82, 2.24) is 14.8 Å². The van der Waals surface area contributed by atoms with Gasteiger partial charge in [0, 0.05) is 56.4 Å². The van der Waals surface area contributed by atoms with E-state index in [0.717, 1.165) is 37.5 Å². The molecule has 1 aliphatic carbocycles. The number of piperidine rings is 2. The molecule has 6 rings (SSSR count). The van der Waals surface area contributed by atoms with Gasteiger partial charge in [-0.25, -0.2) is 0 Å². The minimum absolute atomic E-state index is 0.247. The first-order chi connectivity index (χ1) is 18.0. The summed E-state index contributed by atoms with van der Waals surface area (Å²) < 4.78 is 46.6. The summed E-state index contributed by atoms with van der Waals surface area (Å²) in [5.74, 6) is 0.352. The summed E-state index contributed by atoms with van der Waals surface area (Å²) in [7, 11) is 4.00. The number of fused-ring (bicyclic) bond motifs is 2. The molecule has 0 amide bonds. The highest BCUT2D eigenvalue weighted by Crippen LogP contribution is 2.49. The molecule has 1 aromatic heterocycles. The molecule has 9 heteroatoms. The van der Waals surface area contributed by atoms with Gasteiger partial charge in [-0.15, -0.1) is 0 Å². The van der Waals surface area contributed by atoms with Gasteiger partial charge < -0.3 is 19.7 Å². The molecule has 3 aromatic rings. The Bertz CT molecular complexity index is 1350. The third-order valence-electron chi connectivity index (χ3n) is 9.24. The SMILES string of the molecule is CO[C@]12C[C@@H](CN3CCC(O)(c4ccc(Cl)c(C(F)(F)F)c4)CC3)CN(C)[C@@H]1Cc1c[nH]c3cccc2c13. The summed E-state index contributed by atoms with van der Waals surface area (Å²) in [6, 6.07) is 10.4. The third kappa shape index (κ3) is 4.16. The number of hydrogen-bond donors (Lipinski definition) is 2. The van der Waals surface area contributed by atoms with Crippen molar-refractivity contribution in [2.45, 2.75) is 49.1 Å². The number of methoxy groups -OCH3 is 1. The van der Waals surface area contributed by atoms with E-state index in [2.05, 4.69) is 46.2 Å². The van der Waals surface area contributed by atoms with Crippen LogP contribution in [-0.4, -0.2) is 66.3 Å². The Morgan fingerprint density at radius 3 is 2.66 bits per heavy atom. The van der Waals surface area contributed by atoms with E-state index in [1.807, 2.05) is 7.11 Å². The molecule has 5 nitrogen and oxygen atoms in total. The summed E-state index contributed by atoms with van der Waals surface area (Å²) in [5.41, 5.74) is 1.41. The average Bonchev–Trinajstić information content (AvgIpc) is 3.30. The minimum atomic E-state index is -4.56. The predicted molar refractivity (Wildman–Crippen MR) is 141 cm³/mol. The van der Waals surface area contributed by atoms with Crippen LogP contribution in [-0.2, 0) is 28.5 Å². The Labute approximate surface area is 225 Å². The van der Waals surface area contributed by atoms with Crippen LogP contribution in [0.25, 0.3) is 10.9 Å². The number of alkyl halides is 3. The third-order valence-corrected chi connectivity index (χ3v) is 9.57. The van der Waals surface area contributed by atoms with Gasteiger partial charge >= 0.3 is 6.18 Å². The van der Waals surface area contributed by atoms with E-state index >= 15 is 0 Å². The number of rotatable bonds is 4. The fourth-order valence-electron chi connectivity index (χ4n) is 7.35. The maximum atomic E-state index is 13.4. The van der Waals surface area contributed by atoms with E-state index in [0.29, 0.717) is 31.8 Å². The Morgan fingerprint density at radius 1 is 1.18 bits per heavy atom. The summed E-state index contributed by atoms with van der Waals surface area (Å²) in [6.07, 6.45) is 0.149. The van der Waals surface area contributed by atoms with Crippen LogP contribution in [0.2, 0.25) is 5.02 Å². The van der Waals surface area contributed by atoms with Crippen LogP contribution in [0.15, 0.2) is 42.6 Å². The molecule has 2 aromatic carbocycles. The van der Waals surface area contributed by atoms with Crippen LogP contribution in [0.4, 0.5) is 13.2 Å². The summed E-state index contributed by atoms with van der Waals surface area (Å²) in [4.78, 5) is 8.19. The zero-order valence-corrected chi connectivity index (χ0v) is 22.4. The first-order valence-electron chi connectivity index (χ1n) is 13.2. The second-order valence-corrected chi connectivity index (χ2v) is 11.8. The van der Waals surface area contributed by atoms with Crippen LogP contribution in [0.1, 0.15) is 41.5 Å². The van der Waals surface area contributed by atoms with Crippen LogP contribution in [0.3, 0.4) is 0 Å². The van der Waals surface area contributed by atoms with Crippen molar-refractivity contribution in [3.8, 4) is 0 Å². The molecule has 2 aliphatic heterocycles. The fraction of sp³-hybridized carbons (Fsp3) is 0.517. The van der Waals surface area contributed by atoms with Crippen LogP contribution in [0, 0.1) is 5.92 Å². The van der Waals surface area contributed by atoms with Crippen LogP contribution >= 0.6 is 11.6 Å². The van der Waals surface area contributed by atoms with Crippen molar-refractivity contribution in [3.63, 3.8) is 0 Å². The summed E-state index contributed by atoms with van der Waals surface area (Å²) in [5, 5.41) is 12.2. The number of aromatic nitrogens is 1. The highest BCUT2D eigenvalue weighted by Gasteiger charge is 2.52. The quantitative estimate of drug-likeness (QED) is 0.450. The maximum Gasteiger partial charge on any atom is 0.417 e. The molecule has 0 saturated carbocycles. The number of aromatic amines is 1. The van der Waals surface area contributed by atoms with Crippen molar-refractivity contribution in [1.29, 1.82) is 0 Å². The Balaban J connectivity index is 1.19. The van der Waals surface area contributed by atoms with Crippen molar-refractivity contribution in [2.24, 2.45) is 5.92 Å². The molecule has 3 atom stereocenters. The standard InChI is InChI=1S/C29H33ClF3N3O2/c1-35-16-18(14-28(38-2)21-4-3-5-24-26(21)19(15-34-24)12-25(28)35)17-36-10-8-27(37,9-11-36)20-6-7-23(30)22(13-20)29(31,32)33/h3-7,13,15,18,25,34,37H,8-12,14,16-17H2,1-2H3/t18-,25-,28+/m1/s1. The van der Waals surface area contributed by atoms with Gasteiger partial charge in [0.25, 0.3) is 0 Å². The van der Waals surface area contributed by atoms with Gasteiger partial charge in [-0.2, -0.15) is 13.2 Å². The van der Waals surface area contributed by atoms with Gasteiger partial charge in [0.15, 0.2) is 0 Å². The van der Waals surface area contributed by atoms with E-state index in [1.54, 1.807) is 0 Å². The lowest BCUT2D eigenvalue weighted by Gasteiger charge is -2.54. The number of likely N-dealkylation sites (N-methyl/N-ethyl adjacent to an activating group) is 1. The van der Waals surface area contributed by atoms with Crippen molar-refractivity contribution in [2.75, 3.05) is 40.3 Å². The van der Waals surface area contributed by atoms with Gasteiger partial charge in [0.05, 0.1) is 16.2 Å². The number of ether oxygens (including phenoxy) is 1. The molecule has 204 valence electrons. The van der Waals surface area contributed by atoms with Gasteiger partial charge in [-0.05, 0) is 73.5 Å². The Hall–Kier alpha value is -2.10. The molecule has 0 spiro atoms. The molecule has 2 fully saturated rings. The van der Waals surface area contributed by atoms with Crippen LogP contribution in [0.5, 0.6) is 0 Å². The topological polar surface area (TPSA) is 51.7 Å². The van der Waals surface area contributed by atoms with E-state index in [-0.39, 0.29) is 16.6 Å². The number of H-pyrrole nitrogens is 1. The molecule has 3 heterocycles. The minimum Gasteiger partial charge on any atom is -0.385 e. The van der Waals surface area contributed by atoms with Crippen molar-refractivity contribution in [3.05, 3.63) is 69.9 Å². The number of benzene rings is 2. The lowest BCUT2D eigenvalue weighted by molar-refractivity contribution is -0.137. The monoisotopic (exact) mass is 547 g/mol. The highest BCUT2D eigenvalue weighted by atomic mass is 35.5. The number of nitrogens with one attached hydrogen (secondary N) is 1. The number of hydrogen-bond acceptors (Lipinski definition) is 4. The number of nitrogens with zero attached hydrogens (tertiary/aromatic N) is 2. The van der Waals surface area contributed by atoms with E-state index < -0.39 is 22.9 Å². The molecular formula is C29H33ClF3N3O2. The zero-order valence-electron chi connectivity index (χ0n) is 21.6. The number of halogens is 4. The molecular weight excluding hydrogens is 515 g/mol. The van der Waals surface area contributed by atoms with Crippen molar-refractivity contribution < 1.29 is 23.0 Å². The number of aliphatic hydroxyl groups is 1. The highest BCUT2D eigenvalue weighted by molar-refractivity contribution is 6.31. The second-order valence-electron chi connectivity index (χ2n) is 11.4. The summed E-state index contributed by atoms with van der Waals surface area (Å²) in [6.45, 7) is 3.02. The fourth-order valence-corrected chi connectivity index (χ4v) is 7.58. The first kappa shape index (κ1) is 26.1. The Kier molecular flexibility index (Phi) is 6.35. The maximum absolute atomic E-state index is 13.4. The molecule has 38 heavy (non-hydrogen) atoms. The van der Waals surface area contributed by atoms with Gasteiger partial charge in [0.1, 0.15) is 5.60 Å². The second kappa shape index (κ2) is 9.24. The average molecular weight is 548 g/mol.